The molecule has 0 amide bonds. The molecule has 0 aliphatic carbocycles. The highest BCUT2D eigenvalue weighted by molar-refractivity contribution is 5.85. The number of benzene rings is 1. The first kappa shape index (κ1) is 17.6. The van der Waals surface area contributed by atoms with Crippen LogP contribution in [0.2, 0.25) is 0 Å². The van der Waals surface area contributed by atoms with Crippen LogP contribution in [0.4, 0.5) is 22.0 Å². The molecule has 1 aliphatic heterocycles. The van der Waals surface area contributed by atoms with E-state index in [0.29, 0.717) is 16.8 Å². The van der Waals surface area contributed by atoms with Gasteiger partial charge in [-0.15, -0.1) is 0 Å². The smallest absolute Gasteiger partial charge is 0.476 e. The maximum Gasteiger partial charge on any atom is 0.507 e. The molecule has 0 radical (unpaired) electrons. The molecule has 0 saturated heterocycles. The summed E-state index contributed by atoms with van der Waals surface area (Å²) >= 11 is 0. The Morgan fingerprint density at radius 3 is 2.23 bits per heavy atom. The molecule has 0 fully saturated rings. The second-order valence-corrected chi connectivity index (χ2v) is 5.23. The fourth-order valence-corrected chi connectivity index (χ4v) is 2.13. The number of aryl methyl sites for hydroxylation is 1. The number of hydrogen-bond acceptors (Lipinski definition) is 5. The fourth-order valence-electron chi connectivity index (χ4n) is 2.13. The summed E-state index contributed by atoms with van der Waals surface area (Å²) in [6, 6.07) is 0.916. The van der Waals surface area contributed by atoms with Gasteiger partial charge in [-0.3, -0.25) is 4.79 Å². The summed E-state index contributed by atoms with van der Waals surface area (Å²) in [5.74, 6) is -4.87. The van der Waals surface area contributed by atoms with Crippen LogP contribution in [-0.2, 0) is 0 Å². The van der Waals surface area contributed by atoms with Gasteiger partial charge in [0.1, 0.15) is 5.69 Å². The Labute approximate surface area is 140 Å². The highest BCUT2D eigenvalue weighted by atomic mass is 19.3. The van der Waals surface area contributed by atoms with Gasteiger partial charge in [-0.1, -0.05) is 0 Å². The van der Waals surface area contributed by atoms with Crippen molar-refractivity contribution in [2.24, 2.45) is 0 Å². The first-order chi connectivity index (χ1) is 11.9. The van der Waals surface area contributed by atoms with Crippen LogP contribution in [0.15, 0.2) is 23.1 Å². The highest BCUT2D eigenvalue weighted by Crippen LogP contribution is 2.47. The zero-order valence-corrected chi connectivity index (χ0v) is 12.6. The van der Waals surface area contributed by atoms with Crippen LogP contribution in [0.5, 0.6) is 11.5 Å². The van der Waals surface area contributed by atoms with Crippen molar-refractivity contribution in [1.82, 2.24) is 9.78 Å². The van der Waals surface area contributed by atoms with E-state index < -0.39 is 52.3 Å². The Hall–Kier alpha value is -3.18. The predicted octanol–water partition coefficient (Wildman–Crippen LogP) is 2.34. The number of nitrogens with zero attached hydrogens (tertiary/aromatic N) is 2. The topological polar surface area (TPSA) is 90.7 Å². The lowest BCUT2D eigenvalue weighted by Gasteiger charge is -2.32. The molecule has 12 heteroatoms. The van der Waals surface area contributed by atoms with Gasteiger partial charge in [-0.2, -0.15) is 22.7 Å². The number of hydrogen-bond donors (Lipinski definition) is 1. The van der Waals surface area contributed by atoms with Gasteiger partial charge < -0.3 is 14.6 Å². The number of carboxylic acids is 1. The van der Waals surface area contributed by atoms with Crippen LogP contribution >= 0.6 is 0 Å². The number of aromatic carboxylic acids is 1. The number of ether oxygens (including phenoxy) is 2. The molecule has 0 spiro atoms. The van der Waals surface area contributed by atoms with Crippen molar-refractivity contribution in [2.75, 3.05) is 0 Å². The van der Waals surface area contributed by atoms with E-state index in [9.17, 15) is 31.5 Å². The number of rotatable bonds is 2. The molecule has 0 bridgehead atoms. The van der Waals surface area contributed by atoms with Crippen molar-refractivity contribution < 1.29 is 41.3 Å². The van der Waals surface area contributed by atoms with Crippen molar-refractivity contribution >= 4 is 5.97 Å². The summed E-state index contributed by atoms with van der Waals surface area (Å²) in [7, 11) is 0. The molecule has 1 aliphatic rings. The minimum Gasteiger partial charge on any atom is -0.476 e. The van der Waals surface area contributed by atoms with Crippen molar-refractivity contribution in [3.8, 4) is 17.2 Å². The Bertz CT molecular complexity index is 988. The number of carbonyl (C=O) groups is 1. The van der Waals surface area contributed by atoms with Crippen LogP contribution in [0.25, 0.3) is 5.69 Å². The molecular weight excluding hydrogens is 371 g/mol. The molecule has 2 aromatic rings. The summed E-state index contributed by atoms with van der Waals surface area (Å²) in [6.07, 6.45) is -9.10. The fraction of sp³-hybridized carbons (Fsp3) is 0.214. The second kappa shape index (κ2) is 5.41. The summed E-state index contributed by atoms with van der Waals surface area (Å²) in [5.41, 5.74) is -2.64. The van der Waals surface area contributed by atoms with Gasteiger partial charge in [-0.25, -0.2) is 13.9 Å². The van der Waals surface area contributed by atoms with E-state index in [-0.39, 0.29) is 5.56 Å². The third-order valence-electron chi connectivity index (χ3n) is 3.37. The Morgan fingerprint density at radius 2 is 1.69 bits per heavy atom. The summed E-state index contributed by atoms with van der Waals surface area (Å²) in [5, 5.41) is 12.4. The zero-order valence-electron chi connectivity index (χ0n) is 12.6. The number of carboxylic acid groups (broad SMARTS) is 1. The third kappa shape index (κ3) is 2.62. The SMILES string of the molecule is Cc1cn(-c2cc3c(cc2F)OC(F)(F)C(F)(F)O3)nc(C(=O)O)c1=O. The molecule has 1 N–H and O–H groups in total. The van der Waals surface area contributed by atoms with E-state index in [2.05, 4.69) is 14.6 Å². The van der Waals surface area contributed by atoms with Crippen molar-refractivity contribution in [3.63, 3.8) is 0 Å². The standard InChI is InChI=1S/C14H7F5N2O5/c1-5-4-21(20-10(11(5)22)12(23)24)7-3-9-8(2-6(7)15)25-13(16,17)14(18,19)26-9/h2-4H,1H3,(H,23,24). The lowest BCUT2D eigenvalue weighted by Crippen LogP contribution is -2.52. The monoisotopic (exact) mass is 378 g/mol. The first-order valence-electron chi connectivity index (χ1n) is 6.74. The molecule has 7 nitrogen and oxygen atoms in total. The molecule has 26 heavy (non-hydrogen) atoms. The molecular formula is C14H7F5N2O5. The molecule has 0 unspecified atom stereocenters. The van der Waals surface area contributed by atoms with Crippen LogP contribution in [0.3, 0.4) is 0 Å². The minimum atomic E-state index is -5.02. The molecule has 138 valence electrons. The zero-order chi connectivity index (χ0) is 19.4. The molecule has 2 heterocycles. The second-order valence-electron chi connectivity index (χ2n) is 5.23. The van der Waals surface area contributed by atoms with E-state index >= 15 is 0 Å². The van der Waals surface area contributed by atoms with E-state index in [1.54, 1.807) is 0 Å². The van der Waals surface area contributed by atoms with E-state index in [4.69, 9.17) is 5.11 Å². The van der Waals surface area contributed by atoms with Crippen LogP contribution < -0.4 is 14.9 Å². The average Bonchev–Trinajstić information content (AvgIpc) is 2.50. The predicted molar refractivity (Wildman–Crippen MR) is 72.6 cm³/mol. The third-order valence-corrected chi connectivity index (χ3v) is 3.37. The largest absolute Gasteiger partial charge is 0.507 e. The van der Waals surface area contributed by atoms with E-state index in [0.717, 1.165) is 6.20 Å². The normalized spacial score (nSPS) is 17.0. The van der Waals surface area contributed by atoms with Crippen molar-refractivity contribution in [3.05, 3.63) is 45.6 Å². The van der Waals surface area contributed by atoms with Crippen LogP contribution in [0.1, 0.15) is 16.1 Å². The Morgan fingerprint density at radius 1 is 1.15 bits per heavy atom. The molecule has 1 aromatic heterocycles. The van der Waals surface area contributed by atoms with Gasteiger partial charge in [-0.05, 0) is 6.92 Å². The molecule has 0 atom stereocenters. The van der Waals surface area contributed by atoms with Crippen molar-refractivity contribution in [1.29, 1.82) is 0 Å². The number of fused-ring (bicyclic) bond motifs is 1. The van der Waals surface area contributed by atoms with Gasteiger partial charge >= 0.3 is 18.2 Å². The molecule has 1 aromatic carbocycles. The van der Waals surface area contributed by atoms with Gasteiger partial charge in [0.15, 0.2) is 17.3 Å². The maximum atomic E-state index is 14.2. The van der Waals surface area contributed by atoms with Gasteiger partial charge in [0.25, 0.3) is 0 Å². The number of alkyl halides is 4. The quantitative estimate of drug-likeness (QED) is 0.807. The van der Waals surface area contributed by atoms with Gasteiger partial charge in [0.2, 0.25) is 11.1 Å². The highest BCUT2D eigenvalue weighted by Gasteiger charge is 2.66. The van der Waals surface area contributed by atoms with Gasteiger partial charge in [0.05, 0.1) is 0 Å². The van der Waals surface area contributed by atoms with Crippen molar-refractivity contribution in [2.45, 2.75) is 19.1 Å². The first-order valence-corrected chi connectivity index (χ1v) is 6.74. The number of halogens is 5. The van der Waals surface area contributed by atoms with E-state index in [1.807, 2.05) is 0 Å². The minimum absolute atomic E-state index is 0.136. The molecule has 0 saturated carbocycles. The average molecular weight is 378 g/mol. The van der Waals surface area contributed by atoms with Crippen LogP contribution in [-0.4, -0.2) is 33.1 Å². The molecule has 3 rings (SSSR count). The summed E-state index contributed by atoms with van der Waals surface area (Å²) in [6.45, 7) is 1.22. The Kier molecular flexibility index (Phi) is 3.67. The van der Waals surface area contributed by atoms with Gasteiger partial charge in [0, 0.05) is 23.9 Å². The Balaban J connectivity index is 2.18. The maximum absolute atomic E-state index is 14.2. The summed E-state index contributed by atoms with van der Waals surface area (Å²) < 4.78 is 75.2. The lowest BCUT2D eigenvalue weighted by molar-refractivity contribution is -0.391. The number of aromatic nitrogens is 2. The summed E-state index contributed by atoms with van der Waals surface area (Å²) in [4.78, 5) is 22.7. The van der Waals surface area contributed by atoms with Crippen LogP contribution in [0, 0.1) is 12.7 Å². The lowest BCUT2D eigenvalue weighted by atomic mass is 10.2. The van der Waals surface area contributed by atoms with E-state index in [1.165, 1.54) is 6.92 Å².